The maximum atomic E-state index is 5.82. The lowest BCUT2D eigenvalue weighted by Gasteiger charge is -2.27. The molecule has 0 aromatic heterocycles. The van der Waals surface area contributed by atoms with Crippen molar-refractivity contribution in [2.45, 2.75) is 44.8 Å². The molecule has 2 unspecified atom stereocenters. The van der Waals surface area contributed by atoms with Crippen molar-refractivity contribution in [1.29, 1.82) is 0 Å². The second kappa shape index (κ2) is 3.90. The number of rotatable bonds is 5. The summed E-state index contributed by atoms with van der Waals surface area (Å²) in [6.07, 6.45) is 1.55. The van der Waals surface area contributed by atoms with Crippen molar-refractivity contribution in [2.75, 3.05) is 13.2 Å². The van der Waals surface area contributed by atoms with Gasteiger partial charge in [0.2, 0.25) is 0 Å². The molecular weight excluding hydrogens is 168 g/mol. The standard InChI is InChI=1S/C9H20O2Si/c1-5-9(12(2,3)4)11-7-8-6-10-8/h8-9H,5-7H2,1-4H3. The van der Waals surface area contributed by atoms with E-state index in [0.29, 0.717) is 11.8 Å². The fourth-order valence-corrected chi connectivity index (χ4v) is 3.19. The molecule has 72 valence electrons. The predicted octanol–water partition coefficient (Wildman–Crippen LogP) is 2.06. The van der Waals surface area contributed by atoms with Crippen LogP contribution in [0.3, 0.4) is 0 Å². The molecule has 3 heteroatoms. The molecule has 1 heterocycles. The van der Waals surface area contributed by atoms with E-state index >= 15 is 0 Å². The Hall–Kier alpha value is 0.137. The molecule has 1 aliphatic heterocycles. The summed E-state index contributed by atoms with van der Waals surface area (Å²) in [6, 6.07) is 0. The highest BCUT2D eigenvalue weighted by atomic mass is 28.3. The van der Waals surface area contributed by atoms with E-state index in [4.69, 9.17) is 9.47 Å². The fraction of sp³-hybridized carbons (Fsp3) is 1.00. The average molecular weight is 188 g/mol. The van der Waals surface area contributed by atoms with Crippen LogP contribution >= 0.6 is 0 Å². The Morgan fingerprint density at radius 3 is 2.42 bits per heavy atom. The van der Waals surface area contributed by atoms with Crippen LogP contribution in [0.25, 0.3) is 0 Å². The zero-order valence-corrected chi connectivity index (χ0v) is 9.59. The zero-order valence-electron chi connectivity index (χ0n) is 8.59. The topological polar surface area (TPSA) is 21.8 Å². The van der Waals surface area contributed by atoms with Crippen molar-refractivity contribution < 1.29 is 9.47 Å². The summed E-state index contributed by atoms with van der Waals surface area (Å²) in [4.78, 5) is 0. The van der Waals surface area contributed by atoms with Crippen LogP contribution < -0.4 is 0 Å². The molecule has 0 radical (unpaired) electrons. The monoisotopic (exact) mass is 188 g/mol. The lowest BCUT2D eigenvalue weighted by Crippen LogP contribution is -2.40. The second-order valence-electron chi connectivity index (χ2n) is 4.55. The first-order chi connectivity index (χ1) is 5.54. The van der Waals surface area contributed by atoms with E-state index in [1.54, 1.807) is 0 Å². The highest BCUT2D eigenvalue weighted by Crippen LogP contribution is 2.17. The predicted molar refractivity (Wildman–Crippen MR) is 53.1 cm³/mol. The van der Waals surface area contributed by atoms with Crippen LogP contribution in [0.5, 0.6) is 0 Å². The van der Waals surface area contributed by atoms with Gasteiger partial charge in [0.25, 0.3) is 0 Å². The van der Waals surface area contributed by atoms with Crippen LogP contribution in [-0.4, -0.2) is 33.1 Å². The Labute approximate surface area is 76.3 Å². The zero-order chi connectivity index (χ0) is 9.19. The fourth-order valence-electron chi connectivity index (χ4n) is 1.37. The summed E-state index contributed by atoms with van der Waals surface area (Å²) in [5, 5.41) is 0. The Morgan fingerprint density at radius 2 is 2.08 bits per heavy atom. The SMILES string of the molecule is CCC(OCC1CO1)[Si](C)(C)C. The van der Waals surface area contributed by atoms with Gasteiger partial charge in [0.1, 0.15) is 6.10 Å². The van der Waals surface area contributed by atoms with E-state index in [2.05, 4.69) is 26.6 Å². The van der Waals surface area contributed by atoms with E-state index in [0.717, 1.165) is 19.6 Å². The van der Waals surface area contributed by atoms with Gasteiger partial charge in [-0.1, -0.05) is 26.6 Å². The highest BCUT2D eigenvalue weighted by Gasteiger charge is 2.29. The minimum absolute atomic E-state index is 0.412. The third-order valence-corrected chi connectivity index (χ3v) is 4.73. The molecule has 0 aliphatic carbocycles. The summed E-state index contributed by atoms with van der Waals surface area (Å²) >= 11 is 0. The largest absolute Gasteiger partial charge is 0.379 e. The lowest BCUT2D eigenvalue weighted by molar-refractivity contribution is 0.0831. The van der Waals surface area contributed by atoms with Crippen molar-refractivity contribution in [2.24, 2.45) is 0 Å². The van der Waals surface area contributed by atoms with E-state index in [-0.39, 0.29) is 0 Å². The molecule has 2 nitrogen and oxygen atoms in total. The molecule has 0 saturated carbocycles. The molecule has 0 aromatic rings. The Kier molecular flexibility index (Phi) is 3.32. The van der Waals surface area contributed by atoms with Crippen molar-refractivity contribution >= 4 is 8.07 Å². The molecule has 1 rings (SSSR count). The maximum absolute atomic E-state index is 5.82. The molecule has 2 atom stereocenters. The third-order valence-electron chi connectivity index (χ3n) is 2.22. The molecule has 0 spiro atoms. The molecule has 12 heavy (non-hydrogen) atoms. The Balaban J connectivity index is 2.23. The quantitative estimate of drug-likeness (QED) is 0.486. The number of hydrogen-bond donors (Lipinski definition) is 0. The molecule has 1 fully saturated rings. The van der Waals surface area contributed by atoms with Gasteiger partial charge in [-0.05, 0) is 6.42 Å². The number of epoxide rings is 1. The molecule has 0 aromatic carbocycles. The summed E-state index contributed by atoms with van der Waals surface area (Å²) in [7, 11) is -1.10. The Bertz CT molecular complexity index is 138. The summed E-state index contributed by atoms with van der Waals surface area (Å²) < 4.78 is 10.9. The molecular formula is C9H20O2Si. The summed E-state index contributed by atoms with van der Waals surface area (Å²) in [5.74, 6) is 0. The molecule has 1 saturated heterocycles. The average Bonchev–Trinajstić information content (AvgIpc) is 2.69. The van der Waals surface area contributed by atoms with E-state index in [1.807, 2.05) is 0 Å². The van der Waals surface area contributed by atoms with Crippen molar-refractivity contribution in [1.82, 2.24) is 0 Å². The van der Waals surface area contributed by atoms with Gasteiger partial charge in [0.05, 0.1) is 21.3 Å². The van der Waals surface area contributed by atoms with Gasteiger partial charge in [0.15, 0.2) is 0 Å². The van der Waals surface area contributed by atoms with E-state index in [9.17, 15) is 0 Å². The molecule has 0 bridgehead atoms. The van der Waals surface area contributed by atoms with Crippen LogP contribution in [0.15, 0.2) is 0 Å². The molecule has 0 amide bonds. The Morgan fingerprint density at radius 1 is 1.50 bits per heavy atom. The summed E-state index contributed by atoms with van der Waals surface area (Å²) in [5.41, 5.74) is 0.502. The van der Waals surface area contributed by atoms with Crippen LogP contribution in [-0.2, 0) is 9.47 Å². The van der Waals surface area contributed by atoms with Gasteiger partial charge in [-0.25, -0.2) is 0 Å². The van der Waals surface area contributed by atoms with Crippen LogP contribution in [0.2, 0.25) is 19.6 Å². The smallest absolute Gasteiger partial charge is 0.104 e. The third kappa shape index (κ3) is 3.25. The van der Waals surface area contributed by atoms with Crippen LogP contribution in [0.4, 0.5) is 0 Å². The van der Waals surface area contributed by atoms with Crippen molar-refractivity contribution in [3.05, 3.63) is 0 Å². The van der Waals surface area contributed by atoms with Gasteiger partial charge in [-0.15, -0.1) is 0 Å². The van der Waals surface area contributed by atoms with Gasteiger partial charge >= 0.3 is 0 Å². The number of ether oxygens (including phenoxy) is 2. The van der Waals surface area contributed by atoms with Gasteiger partial charge in [-0.3, -0.25) is 0 Å². The normalized spacial score (nSPS) is 25.5. The summed E-state index contributed by atoms with van der Waals surface area (Å²) in [6.45, 7) is 11.0. The minimum atomic E-state index is -1.10. The van der Waals surface area contributed by atoms with Gasteiger partial charge < -0.3 is 9.47 Å². The van der Waals surface area contributed by atoms with Crippen molar-refractivity contribution in [3.63, 3.8) is 0 Å². The lowest BCUT2D eigenvalue weighted by atomic mass is 10.5. The maximum Gasteiger partial charge on any atom is 0.104 e. The molecule has 1 aliphatic rings. The van der Waals surface area contributed by atoms with Crippen LogP contribution in [0, 0.1) is 0 Å². The van der Waals surface area contributed by atoms with Gasteiger partial charge in [0, 0.05) is 5.73 Å². The minimum Gasteiger partial charge on any atom is -0.379 e. The van der Waals surface area contributed by atoms with E-state index < -0.39 is 8.07 Å². The number of hydrogen-bond acceptors (Lipinski definition) is 2. The van der Waals surface area contributed by atoms with E-state index in [1.165, 1.54) is 0 Å². The second-order valence-corrected chi connectivity index (χ2v) is 9.93. The van der Waals surface area contributed by atoms with Crippen LogP contribution in [0.1, 0.15) is 13.3 Å². The molecule has 0 N–H and O–H groups in total. The van der Waals surface area contributed by atoms with Crippen molar-refractivity contribution in [3.8, 4) is 0 Å². The van der Waals surface area contributed by atoms with Gasteiger partial charge in [-0.2, -0.15) is 0 Å². The first-order valence-corrected chi connectivity index (χ1v) is 8.35. The first-order valence-electron chi connectivity index (χ1n) is 4.77. The highest BCUT2D eigenvalue weighted by molar-refractivity contribution is 6.77. The first kappa shape index (κ1) is 10.2.